The van der Waals surface area contributed by atoms with Crippen molar-refractivity contribution in [1.29, 1.82) is 0 Å². The molecular weight excluding hydrogens is 430 g/mol. The van der Waals surface area contributed by atoms with Gasteiger partial charge in [0.15, 0.2) is 5.11 Å². The Bertz CT molecular complexity index is 1170. The second-order valence-electron chi connectivity index (χ2n) is 7.85. The van der Waals surface area contributed by atoms with Crippen LogP contribution in [0.4, 0.5) is 11.4 Å². The van der Waals surface area contributed by atoms with Crippen LogP contribution in [0.1, 0.15) is 43.4 Å². The number of nitrogens with zero attached hydrogens (tertiary/aromatic N) is 3. The van der Waals surface area contributed by atoms with Crippen molar-refractivity contribution in [3.05, 3.63) is 78.4 Å². The number of nitrogens with one attached hydrogen (secondary N) is 2. The summed E-state index contributed by atoms with van der Waals surface area (Å²) in [5, 5.41) is 4.04. The standard InChI is InChI=1S/C22H25N5O2S2/c1-15(2)26-14-6-8-19(26)21-20(18-7-4-5-13-23-18)24-22(30)27(21)17-11-9-16(10-12-17)25-31(3,28)29/h4-15,20-21,25H,1-3H3,(H,24,30)/t20-,21-/m0/s1. The van der Waals surface area contributed by atoms with Gasteiger partial charge in [0.2, 0.25) is 10.0 Å². The molecule has 0 amide bonds. The summed E-state index contributed by atoms with van der Waals surface area (Å²) in [4.78, 5) is 6.65. The van der Waals surface area contributed by atoms with E-state index in [9.17, 15) is 8.42 Å². The monoisotopic (exact) mass is 455 g/mol. The van der Waals surface area contributed by atoms with Crippen molar-refractivity contribution in [2.45, 2.75) is 32.0 Å². The zero-order valence-electron chi connectivity index (χ0n) is 17.6. The minimum absolute atomic E-state index is 0.117. The van der Waals surface area contributed by atoms with Crippen LogP contribution in [-0.2, 0) is 10.0 Å². The van der Waals surface area contributed by atoms with Crippen molar-refractivity contribution in [3.8, 4) is 0 Å². The minimum atomic E-state index is -3.34. The molecule has 2 aromatic heterocycles. The third-order valence-corrected chi connectivity index (χ3v) is 6.14. The van der Waals surface area contributed by atoms with E-state index in [4.69, 9.17) is 12.2 Å². The van der Waals surface area contributed by atoms with Gasteiger partial charge in [-0.2, -0.15) is 0 Å². The van der Waals surface area contributed by atoms with Gasteiger partial charge in [-0.15, -0.1) is 0 Å². The Labute approximate surface area is 188 Å². The molecule has 0 saturated carbocycles. The summed E-state index contributed by atoms with van der Waals surface area (Å²) in [6, 6.07) is 17.3. The Kier molecular flexibility index (Phi) is 5.72. The van der Waals surface area contributed by atoms with Gasteiger partial charge >= 0.3 is 0 Å². The fourth-order valence-electron chi connectivity index (χ4n) is 3.97. The lowest BCUT2D eigenvalue weighted by Gasteiger charge is -2.30. The zero-order valence-corrected chi connectivity index (χ0v) is 19.2. The average Bonchev–Trinajstić information content (AvgIpc) is 3.32. The number of sulfonamides is 1. The van der Waals surface area contributed by atoms with Crippen LogP contribution < -0.4 is 14.9 Å². The van der Waals surface area contributed by atoms with E-state index in [0.29, 0.717) is 10.8 Å². The summed E-state index contributed by atoms with van der Waals surface area (Å²) < 4.78 is 27.8. The Morgan fingerprint density at radius 2 is 1.84 bits per heavy atom. The molecule has 2 atom stereocenters. The molecule has 31 heavy (non-hydrogen) atoms. The number of aromatic nitrogens is 2. The molecule has 0 spiro atoms. The van der Waals surface area contributed by atoms with Crippen molar-refractivity contribution in [3.63, 3.8) is 0 Å². The smallest absolute Gasteiger partial charge is 0.229 e. The lowest BCUT2D eigenvalue weighted by Crippen LogP contribution is -2.30. The van der Waals surface area contributed by atoms with Crippen molar-refractivity contribution < 1.29 is 8.42 Å². The van der Waals surface area contributed by atoms with Crippen LogP contribution in [0.25, 0.3) is 0 Å². The SMILES string of the molecule is CC(C)n1cccc1[C@H]1[C@H](c2ccccn2)NC(=S)N1c1ccc(NS(C)(=O)=O)cc1. The predicted molar refractivity (Wildman–Crippen MR) is 128 cm³/mol. The molecule has 9 heteroatoms. The second-order valence-corrected chi connectivity index (χ2v) is 9.99. The Hall–Kier alpha value is -2.91. The van der Waals surface area contributed by atoms with Crippen molar-refractivity contribution in [2.24, 2.45) is 0 Å². The van der Waals surface area contributed by atoms with Gasteiger partial charge in [0.25, 0.3) is 0 Å². The molecule has 4 rings (SSSR count). The summed E-state index contributed by atoms with van der Waals surface area (Å²) in [5.41, 5.74) is 3.41. The predicted octanol–water partition coefficient (Wildman–Crippen LogP) is 4.01. The molecule has 0 bridgehead atoms. The van der Waals surface area contributed by atoms with Crippen molar-refractivity contribution >= 4 is 38.7 Å². The van der Waals surface area contributed by atoms with Gasteiger partial charge in [-0.1, -0.05) is 6.07 Å². The molecule has 0 unspecified atom stereocenters. The number of benzene rings is 1. The van der Waals surface area contributed by atoms with E-state index < -0.39 is 10.0 Å². The van der Waals surface area contributed by atoms with E-state index in [2.05, 4.69) is 50.6 Å². The second kappa shape index (κ2) is 8.32. The van der Waals surface area contributed by atoms with Gasteiger partial charge in [0.1, 0.15) is 6.04 Å². The highest BCUT2D eigenvalue weighted by atomic mass is 32.2. The van der Waals surface area contributed by atoms with Crippen LogP contribution in [-0.4, -0.2) is 29.3 Å². The molecule has 3 heterocycles. The maximum Gasteiger partial charge on any atom is 0.229 e. The number of pyridine rings is 1. The maximum atomic E-state index is 11.5. The minimum Gasteiger partial charge on any atom is -0.351 e. The number of hydrogen-bond donors (Lipinski definition) is 2. The lowest BCUT2D eigenvalue weighted by molar-refractivity contribution is 0.497. The van der Waals surface area contributed by atoms with Gasteiger partial charge < -0.3 is 14.8 Å². The van der Waals surface area contributed by atoms with E-state index in [0.717, 1.165) is 23.3 Å². The number of anilines is 2. The lowest BCUT2D eigenvalue weighted by atomic mass is 10.0. The molecule has 0 radical (unpaired) electrons. The van der Waals surface area contributed by atoms with E-state index >= 15 is 0 Å². The fourth-order valence-corrected chi connectivity index (χ4v) is 4.88. The van der Waals surface area contributed by atoms with Gasteiger partial charge in [0.05, 0.1) is 18.0 Å². The highest BCUT2D eigenvalue weighted by Gasteiger charge is 2.42. The first-order valence-electron chi connectivity index (χ1n) is 10.00. The molecule has 2 N–H and O–H groups in total. The van der Waals surface area contributed by atoms with Gasteiger partial charge in [-0.25, -0.2) is 8.42 Å². The van der Waals surface area contributed by atoms with Crippen LogP contribution in [0.3, 0.4) is 0 Å². The normalized spacial score (nSPS) is 19.0. The molecule has 7 nitrogen and oxygen atoms in total. The molecule has 162 valence electrons. The van der Waals surface area contributed by atoms with E-state index in [-0.39, 0.29) is 18.1 Å². The van der Waals surface area contributed by atoms with Crippen LogP contribution in [0.2, 0.25) is 0 Å². The largest absolute Gasteiger partial charge is 0.351 e. The Balaban J connectivity index is 1.78. The highest BCUT2D eigenvalue weighted by molar-refractivity contribution is 7.92. The third-order valence-electron chi connectivity index (χ3n) is 5.22. The number of thiocarbonyl (C=S) groups is 1. The van der Waals surface area contributed by atoms with Crippen molar-refractivity contribution in [1.82, 2.24) is 14.9 Å². The first-order chi connectivity index (χ1) is 14.7. The topological polar surface area (TPSA) is 79.3 Å². The fraction of sp³-hybridized carbons (Fsp3) is 0.273. The van der Waals surface area contributed by atoms with E-state index in [1.165, 1.54) is 0 Å². The molecule has 3 aromatic rings. The summed E-state index contributed by atoms with van der Waals surface area (Å²) in [6.07, 6.45) is 5.00. The maximum absolute atomic E-state index is 11.5. The first kappa shape index (κ1) is 21.3. The molecule has 1 saturated heterocycles. The van der Waals surface area contributed by atoms with Gasteiger partial charge in [-0.3, -0.25) is 9.71 Å². The summed E-state index contributed by atoms with van der Waals surface area (Å²) >= 11 is 5.75. The van der Waals surface area contributed by atoms with Crippen LogP contribution >= 0.6 is 12.2 Å². The summed E-state index contributed by atoms with van der Waals surface area (Å²) in [6.45, 7) is 4.30. The molecule has 0 aliphatic carbocycles. The summed E-state index contributed by atoms with van der Waals surface area (Å²) in [5.74, 6) is 0. The molecule has 1 fully saturated rings. The van der Waals surface area contributed by atoms with Crippen LogP contribution in [0, 0.1) is 0 Å². The van der Waals surface area contributed by atoms with Gasteiger partial charge in [0, 0.05) is 35.5 Å². The van der Waals surface area contributed by atoms with E-state index in [1.807, 2.05) is 36.4 Å². The van der Waals surface area contributed by atoms with Crippen LogP contribution in [0.15, 0.2) is 67.0 Å². The molecule has 1 aliphatic rings. The van der Waals surface area contributed by atoms with Gasteiger partial charge in [-0.05, 0) is 74.6 Å². The van der Waals surface area contributed by atoms with Crippen molar-refractivity contribution in [2.75, 3.05) is 15.9 Å². The first-order valence-corrected chi connectivity index (χ1v) is 12.3. The number of rotatable bonds is 6. The molecular formula is C22H25N5O2S2. The quantitative estimate of drug-likeness (QED) is 0.547. The average molecular weight is 456 g/mol. The Morgan fingerprint density at radius 1 is 1.10 bits per heavy atom. The third kappa shape index (κ3) is 4.42. The Morgan fingerprint density at radius 3 is 2.45 bits per heavy atom. The highest BCUT2D eigenvalue weighted by Crippen LogP contribution is 2.42. The zero-order chi connectivity index (χ0) is 22.2. The molecule has 1 aliphatic heterocycles. The molecule has 1 aromatic carbocycles. The summed E-state index contributed by atoms with van der Waals surface area (Å²) in [7, 11) is -3.34. The number of hydrogen-bond acceptors (Lipinski definition) is 4. The van der Waals surface area contributed by atoms with Crippen LogP contribution in [0.5, 0.6) is 0 Å². The van der Waals surface area contributed by atoms with E-state index in [1.54, 1.807) is 18.3 Å².